The first-order valence-corrected chi connectivity index (χ1v) is 8.33. The zero-order valence-electron chi connectivity index (χ0n) is 15.4. The van der Waals surface area contributed by atoms with E-state index in [-0.39, 0.29) is 11.0 Å². The third kappa shape index (κ3) is 4.15. The smallest absolute Gasteiger partial charge is 0.438 e. The minimum absolute atomic E-state index is 0.0432. The summed E-state index contributed by atoms with van der Waals surface area (Å²) in [6.07, 6.45) is -4.94. The number of nitrogens with zero attached hydrogens (tertiary/aromatic N) is 2. The minimum Gasteiger partial charge on any atom is -0.493 e. The van der Waals surface area contributed by atoms with E-state index in [2.05, 4.69) is 10.3 Å². The summed E-state index contributed by atoms with van der Waals surface area (Å²) in [7, 11) is 2.88. The maximum absolute atomic E-state index is 13.2. The van der Waals surface area contributed by atoms with Crippen molar-refractivity contribution in [3.05, 3.63) is 58.5 Å². The Labute approximate surface area is 162 Å². The number of halogens is 3. The van der Waals surface area contributed by atoms with Gasteiger partial charge in [0.2, 0.25) is 11.6 Å². The number of para-hydroxylation sites is 2. The highest BCUT2D eigenvalue weighted by Gasteiger charge is 2.37. The quantitative estimate of drug-likeness (QED) is 0.703. The van der Waals surface area contributed by atoms with E-state index in [0.717, 1.165) is 4.57 Å². The van der Waals surface area contributed by atoms with Gasteiger partial charge >= 0.3 is 6.18 Å². The lowest BCUT2D eigenvalue weighted by atomic mass is 10.2. The number of carbonyl (C=O) groups is 1. The molecule has 10 heteroatoms. The van der Waals surface area contributed by atoms with Gasteiger partial charge in [-0.15, -0.1) is 0 Å². The number of methoxy groups -OCH3 is 2. The molecule has 1 aromatic heterocycles. The van der Waals surface area contributed by atoms with Gasteiger partial charge in [-0.25, -0.2) is 4.98 Å². The summed E-state index contributed by atoms with van der Waals surface area (Å²) in [4.78, 5) is 28.2. The molecular weight excluding hydrogens is 391 g/mol. The lowest BCUT2D eigenvalue weighted by molar-refractivity contribution is -0.142. The molecule has 0 aliphatic carbocycles. The number of carbonyl (C=O) groups excluding carboxylic acids is 1. The van der Waals surface area contributed by atoms with Crippen molar-refractivity contribution in [3.63, 3.8) is 0 Å². The number of ether oxygens (including phenoxy) is 2. The van der Waals surface area contributed by atoms with Crippen LogP contribution in [0.1, 0.15) is 5.69 Å². The van der Waals surface area contributed by atoms with Crippen LogP contribution >= 0.6 is 0 Å². The Morgan fingerprint density at radius 2 is 1.79 bits per heavy atom. The molecule has 0 saturated carbocycles. The van der Waals surface area contributed by atoms with Crippen LogP contribution in [0.3, 0.4) is 0 Å². The normalized spacial score (nSPS) is 11.3. The second kappa shape index (κ2) is 7.82. The molecule has 29 heavy (non-hydrogen) atoms. The van der Waals surface area contributed by atoms with E-state index in [9.17, 15) is 22.8 Å². The van der Waals surface area contributed by atoms with Crippen molar-refractivity contribution < 1.29 is 27.4 Å². The van der Waals surface area contributed by atoms with Crippen molar-refractivity contribution in [2.45, 2.75) is 12.7 Å². The number of nitrogens with one attached hydrogen (secondary N) is 1. The van der Waals surface area contributed by atoms with Crippen LogP contribution in [0.15, 0.2) is 47.3 Å². The SMILES string of the molecule is COc1ccc(NC(=O)Cn2c(=O)c(C(F)(F)F)nc3ccccc32)cc1OC. The first-order chi connectivity index (χ1) is 13.7. The Hall–Kier alpha value is -3.56. The molecule has 2 aromatic carbocycles. The molecular formula is C19H16F3N3O4. The zero-order valence-corrected chi connectivity index (χ0v) is 15.4. The molecule has 0 fully saturated rings. The summed E-state index contributed by atoms with van der Waals surface area (Å²) >= 11 is 0. The standard InChI is InChI=1S/C19H16F3N3O4/c1-28-14-8-7-11(9-15(14)29-2)23-16(26)10-25-13-6-4-3-5-12(13)24-17(18(25)27)19(20,21)22/h3-9H,10H2,1-2H3,(H,23,26). The zero-order chi connectivity index (χ0) is 21.2. The van der Waals surface area contributed by atoms with Crippen LogP contribution in [-0.4, -0.2) is 29.7 Å². The van der Waals surface area contributed by atoms with Gasteiger partial charge in [-0.3, -0.25) is 14.2 Å². The van der Waals surface area contributed by atoms with Crippen LogP contribution in [0.5, 0.6) is 11.5 Å². The van der Waals surface area contributed by atoms with Crippen molar-refractivity contribution in [1.29, 1.82) is 0 Å². The second-order valence-electron chi connectivity index (χ2n) is 5.96. The fraction of sp³-hybridized carbons (Fsp3) is 0.211. The number of aromatic nitrogens is 2. The molecule has 0 spiro atoms. The Kier molecular flexibility index (Phi) is 5.44. The van der Waals surface area contributed by atoms with Gasteiger partial charge in [-0.2, -0.15) is 13.2 Å². The molecule has 3 aromatic rings. The monoisotopic (exact) mass is 407 g/mol. The predicted molar refractivity (Wildman–Crippen MR) is 99.2 cm³/mol. The Morgan fingerprint density at radius 3 is 2.45 bits per heavy atom. The number of alkyl halides is 3. The molecule has 7 nitrogen and oxygen atoms in total. The lowest BCUT2D eigenvalue weighted by Crippen LogP contribution is -2.34. The topological polar surface area (TPSA) is 82.5 Å². The van der Waals surface area contributed by atoms with E-state index in [0.29, 0.717) is 17.2 Å². The number of rotatable bonds is 5. The Morgan fingerprint density at radius 1 is 1.10 bits per heavy atom. The highest BCUT2D eigenvalue weighted by Crippen LogP contribution is 2.30. The highest BCUT2D eigenvalue weighted by atomic mass is 19.4. The van der Waals surface area contributed by atoms with Crippen molar-refractivity contribution in [3.8, 4) is 11.5 Å². The van der Waals surface area contributed by atoms with Gasteiger partial charge in [-0.05, 0) is 24.3 Å². The first kappa shape index (κ1) is 20.2. The van der Waals surface area contributed by atoms with Crippen LogP contribution in [0, 0.1) is 0 Å². The summed E-state index contributed by atoms with van der Waals surface area (Å²) in [6.45, 7) is -0.626. The molecule has 1 heterocycles. The van der Waals surface area contributed by atoms with Crippen molar-refractivity contribution in [2.75, 3.05) is 19.5 Å². The molecule has 1 N–H and O–H groups in total. The van der Waals surface area contributed by atoms with Gasteiger partial charge < -0.3 is 14.8 Å². The van der Waals surface area contributed by atoms with Crippen LogP contribution in [-0.2, 0) is 17.5 Å². The molecule has 0 aliphatic heterocycles. The van der Waals surface area contributed by atoms with Crippen molar-refractivity contribution in [1.82, 2.24) is 9.55 Å². The number of benzene rings is 2. The van der Waals surface area contributed by atoms with Crippen molar-refractivity contribution >= 4 is 22.6 Å². The number of fused-ring (bicyclic) bond motifs is 1. The molecule has 152 valence electrons. The largest absolute Gasteiger partial charge is 0.493 e. The van der Waals surface area contributed by atoms with E-state index in [1.165, 1.54) is 44.6 Å². The molecule has 0 radical (unpaired) electrons. The lowest BCUT2D eigenvalue weighted by Gasteiger charge is -2.14. The fourth-order valence-electron chi connectivity index (χ4n) is 2.79. The van der Waals surface area contributed by atoms with Crippen LogP contribution in [0.25, 0.3) is 11.0 Å². The Balaban J connectivity index is 1.96. The highest BCUT2D eigenvalue weighted by molar-refractivity contribution is 5.91. The summed E-state index contributed by atoms with van der Waals surface area (Å²) in [5, 5.41) is 2.53. The predicted octanol–water partition coefficient (Wildman–Crippen LogP) is 3.07. The van der Waals surface area contributed by atoms with Crippen LogP contribution in [0.4, 0.5) is 18.9 Å². The van der Waals surface area contributed by atoms with Gasteiger partial charge in [0, 0.05) is 11.8 Å². The van der Waals surface area contributed by atoms with Crippen molar-refractivity contribution in [2.24, 2.45) is 0 Å². The average molecular weight is 407 g/mol. The molecule has 3 rings (SSSR count). The number of anilines is 1. The van der Waals surface area contributed by atoms with E-state index in [1.807, 2.05) is 0 Å². The number of hydrogen-bond acceptors (Lipinski definition) is 5. The Bertz CT molecular complexity index is 1130. The molecule has 0 unspecified atom stereocenters. The maximum atomic E-state index is 13.2. The third-order valence-corrected chi connectivity index (χ3v) is 4.09. The van der Waals surface area contributed by atoms with Crippen LogP contribution < -0.4 is 20.3 Å². The van der Waals surface area contributed by atoms with Crippen LogP contribution in [0.2, 0.25) is 0 Å². The third-order valence-electron chi connectivity index (χ3n) is 4.09. The average Bonchev–Trinajstić information content (AvgIpc) is 2.68. The van der Waals surface area contributed by atoms with Gasteiger partial charge in [0.1, 0.15) is 6.54 Å². The maximum Gasteiger partial charge on any atom is 0.438 e. The first-order valence-electron chi connectivity index (χ1n) is 8.33. The molecule has 0 saturated heterocycles. The van der Waals surface area contributed by atoms with E-state index < -0.39 is 29.9 Å². The van der Waals surface area contributed by atoms with E-state index >= 15 is 0 Å². The molecule has 0 aliphatic rings. The molecule has 1 amide bonds. The second-order valence-corrected chi connectivity index (χ2v) is 5.96. The van der Waals surface area contributed by atoms with Gasteiger partial charge in [0.25, 0.3) is 5.56 Å². The molecule has 0 bridgehead atoms. The fourth-order valence-corrected chi connectivity index (χ4v) is 2.79. The van der Waals surface area contributed by atoms with E-state index in [1.54, 1.807) is 12.1 Å². The van der Waals surface area contributed by atoms with Gasteiger partial charge in [-0.1, -0.05) is 12.1 Å². The summed E-state index contributed by atoms with van der Waals surface area (Å²) in [5.41, 5.74) is -2.56. The van der Waals surface area contributed by atoms with Gasteiger partial charge in [0.05, 0.1) is 25.3 Å². The summed E-state index contributed by atoms with van der Waals surface area (Å²) in [5.74, 6) is 0.108. The summed E-state index contributed by atoms with van der Waals surface area (Å²) < 4.78 is 50.6. The number of amides is 1. The summed E-state index contributed by atoms with van der Waals surface area (Å²) in [6, 6.07) is 10.4. The number of hydrogen-bond donors (Lipinski definition) is 1. The van der Waals surface area contributed by atoms with Gasteiger partial charge in [0.15, 0.2) is 11.5 Å². The van der Waals surface area contributed by atoms with E-state index in [4.69, 9.17) is 9.47 Å². The molecule has 0 atom stereocenters. The minimum atomic E-state index is -4.94.